The number of nitrogens with zero attached hydrogens (tertiary/aromatic N) is 2. The zero-order chi connectivity index (χ0) is 14.8. The maximum absolute atomic E-state index is 11.8. The van der Waals surface area contributed by atoms with Crippen molar-refractivity contribution in [1.29, 1.82) is 5.26 Å². The molecule has 0 fully saturated rings. The van der Waals surface area contributed by atoms with E-state index in [0.717, 1.165) is 31.0 Å². The number of carbonyl (C=O) groups is 1. The van der Waals surface area contributed by atoms with Crippen LogP contribution in [0.5, 0.6) is 0 Å². The number of thioether (sulfide) groups is 1. The quantitative estimate of drug-likeness (QED) is 0.800. The molecule has 0 aliphatic heterocycles. The standard InChI is InChI=1S/C15H21N3OS/c1-18(10-11-20-2)9-3-4-15(19)17-14-7-5-13(12-16)6-8-14/h5-8H,3-4,9-11H2,1-2H3,(H,17,19). The van der Waals surface area contributed by atoms with Crippen LogP contribution in [0.1, 0.15) is 18.4 Å². The van der Waals surface area contributed by atoms with Crippen LogP contribution in [0.2, 0.25) is 0 Å². The van der Waals surface area contributed by atoms with Gasteiger partial charge in [-0.05, 0) is 50.5 Å². The molecule has 0 aromatic heterocycles. The summed E-state index contributed by atoms with van der Waals surface area (Å²) in [7, 11) is 2.08. The van der Waals surface area contributed by atoms with Crippen molar-refractivity contribution in [2.75, 3.05) is 37.5 Å². The van der Waals surface area contributed by atoms with E-state index in [1.807, 2.05) is 11.8 Å². The maximum Gasteiger partial charge on any atom is 0.224 e. The van der Waals surface area contributed by atoms with E-state index in [1.165, 1.54) is 0 Å². The Kier molecular flexibility index (Phi) is 7.78. The Bertz CT molecular complexity index is 453. The molecular formula is C15H21N3OS. The van der Waals surface area contributed by atoms with Gasteiger partial charge in [0.05, 0.1) is 11.6 Å². The van der Waals surface area contributed by atoms with Gasteiger partial charge in [-0.25, -0.2) is 0 Å². The molecule has 0 bridgehead atoms. The number of hydrogen-bond acceptors (Lipinski definition) is 4. The highest BCUT2D eigenvalue weighted by Gasteiger charge is 2.04. The number of anilines is 1. The van der Waals surface area contributed by atoms with Gasteiger partial charge in [-0.15, -0.1) is 0 Å². The average molecular weight is 291 g/mol. The Labute approximate surface area is 125 Å². The molecule has 0 unspecified atom stereocenters. The molecule has 5 heteroatoms. The monoisotopic (exact) mass is 291 g/mol. The van der Waals surface area contributed by atoms with Crippen LogP contribution in [0.4, 0.5) is 5.69 Å². The summed E-state index contributed by atoms with van der Waals surface area (Å²) >= 11 is 1.83. The number of rotatable bonds is 8. The number of benzene rings is 1. The van der Waals surface area contributed by atoms with Gasteiger partial charge < -0.3 is 10.2 Å². The van der Waals surface area contributed by atoms with Gasteiger partial charge in [-0.1, -0.05) is 0 Å². The fraction of sp³-hybridized carbons (Fsp3) is 0.467. The third-order valence-electron chi connectivity index (χ3n) is 2.92. The first kappa shape index (κ1) is 16.5. The zero-order valence-electron chi connectivity index (χ0n) is 12.1. The molecule has 1 N–H and O–H groups in total. The average Bonchev–Trinajstić information content (AvgIpc) is 2.46. The Balaban J connectivity index is 2.24. The molecule has 1 amide bonds. The Morgan fingerprint density at radius 1 is 1.35 bits per heavy atom. The van der Waals surface area contributed by atoms with Gasteiger partial charge in [0.15, 0.2) is 0 Å². The van der Waals surface area contributed by atoms with Crippen molar-refractivity contribution in [3.8, 4) is 6.07 Å². The normalized spacial score (nSPS) is 10.3. The summed E-state index contributed by atoms with van der Waals surface area (Å²) in [6.45, 7) is 1.99. The molecule has 0 spiro atoms. The first-order chi connectivity index (χ1) is 9.65. The molecule has 1 aromatic rings. The van der Waals surface area contributed by atoms with Gasteiger partial charge in [0.2, 0.25) is 5.91 Å². The minimum absolute atomic E-state index is 0.0213. The summed E-state index contributed by atoms with van der Waals surface area (Å²) in [5, 5.41) is 11.5. The highest BCUT2D eigenvalue weighted by Crippen LogP contribution is 2.09. The van der Waals surface area contributed by atoms with E-state index in [1.54, 1.807) is 24.3 Å². The van der Waals surface area contributed by atoms with E-state index in [9.17, 15) is 4.79 Å². The van der Waals surface area contributed by atoms with Crippen molar-refractivity contribution < 1.29 is 4.79 Å². The van der Waals surface area contributed by atoms with Gasteiger partial charge in [0.25, 0.3) is 0 Å². The number of amides is 1. The van der Waals surface area contributed by atoms with E-state index in [2.05, 4.69) is 29.6 Å². The van der Waals surface area contributed by atoms with Crippen LogP contribution >= 0.6 is 11.8 Å². The fourth-order valence-corrected chi connectivity index (χ4v) is 2.21. The van der Waals surface area contributed by atoms with Crippen LogP contribution < -0.4 is 5.32 Å². The summed E-state index contributed by atoms with van der Waals surface area (Å²) in [6, 6.07) is 8.95. The molecule has 1 aromatic carbocycles. The molecule has 1 rings (SSSR count). The number of nitriles is 1. The Hall–Kier alpha value is -1.51. The lowest BCUT2D eigenvalue weighted by molar-refractivity contribution is -0.116. The van der Waals surface area contributed by atoms with Crippen LogP contribution in [0.15, 0.2) is 24.3 Å². The second-order valence-electron chi connectivity index (χ2n) is 4.64. The third-order valence-corrected chi connectivity index (χ3v) is 3.51. The van der Waals surface area contributed by atoms with Crippen LogP contribution in [-0.4, -0.2) is 43.0 Å². The SMILES string of the molecule is CSCCN(C)CCCC(=O)Nc1ccc(C#N)cc1. The van der Waals surface area contributed by atoms with Gasteiger partial charge in [-0.3, -0.25) is 4.79 Å². The van der Waals surface area contributed by atoms with Gasteiger partial charge >= 0.3 is 0 Å². The lowest BCUT2D eigenvalue weighted by atomic mass is 10.2. The minimum atomic E-state index is 0.0213. The molecule has 0 radical (unpaired) electrons. The van der Waals surface area contributed by atoms with Crippen LogP contribution in [0, 0.1) is 11.3 Å². The van der Waals surface area contributed by atoms with E-state index >= 15 is 0 Å². The van der Waals surface area contributed by atoms with Crippen LogP contribution in [0.3, 0.4) is 0 Å². The first-order valence-electron chi connectivity index (χ1n) is 6.63. The third kappa shape index (κ3) is 6.60. The highest BCUT2D eigenvalue weighted by molar-refractivity contribution is 7.98. The predicted octanol–water partition coefficient (Wildman–Crippen LogP) is 2.57. The molecule has 20 heavy (non-hydrogen) atoms. The molecule has 0 aliphatic carbocycles. The van der Waals surface area contributed by atoms with E-state index in [-0.39, 0.29) is 5.91 Å². The number of nitrogens with one attached hydrogen (secondary N) is 1. The Morgan fingerprint density at radius 3 is 2.65 bits per heavy atom. The summed E-state index contributed by atoms with van der Waals surface area (Å²) < 4.78 is 0. The maximum atomic E-state index is 11.8. The largest absolute Gasteiger partial charge is 0.326 e. The van der Waals surface area contributed by atoms with Crippen molar-refractivity contribution in [3.05, 3.63) is 29.8 Å². The number of carbonyl (C=O) groups excluding carboxylic acids is 1. The van der Waals surface area contributed by atoms with Gasteiger partial charge in [0.1, 0.15) is 0 Å². The second-order valence-corrected chi connectivity index (χ2v) is 5.62. The molecule has 0 saturated heterocycles. The lowest BCUT2D eigenvalue weighted by Crippen LogP contribution is -2.23. The van der Waals surface area contributed by atoms with Crippen molar-refractivity contribution in [1.82, 2.24) is 4.90 Å². The topological polar surface area (TPSA) is 56.1 Å². The molecule has 108 valence electrons. The van der Waals surface area contributed by atoms with E-state index < -0.39 is 0 Å². The summed E-state index contributed by atoms with van der Waals surface area (Å²) in [5.74, 6) is 1.14. The first-order valence-corrected chi connectivity index (χ1v) is 8.02. The molecule has 0 saturated carbocycles. The van der Waals surface area contributed by atoms with Gasteiger partial charge in [0, 0.05) is 24.4 Å². The van der Waals surface area contributed by atoms with Crippen molar-refractivity contribution in [2.24, 2.45) is 0 Å². The summed E-state index contributed by atoms with van der Waals surface area (Å²) in [6.07, 6.45) is 3.47. The summed E-state index contributed by atoms with van der Waals surface area (Å²) in [4.78, 5) is 14.0. The fourth-order valence-electron chi connectivity index (χ4n) is 1.72. The van der Waals surface area contributed by atoms with E-state index in [4.69, 9.17) is 5.26 Å². The second kappa shape index (κ2) is 9.40. The molecule has 0 heterocycles. The molecular weight excluding hydrogens is 270 g/mol. The summed E-state index contributed by atoms with van der Waals surface area (Å²) in [5.41, 5.74) is 1.34. The highest BCUT2D eigenvalue weighted by atomic mass is 32.2. The minimum Gasteiger partial charge on any atom is -0.326 e. The van der Waals surface area contributed by atoms with E-state index in [0.29, 0.717) is 12.0 Å². The Morgan fingerprint density at radius 2 is 2.05 bits per heavy atom. The molecule has 0 atom stereocenters. The van der Waals surface area contributed by atoms with Crippen molar-refractivity contribution in [3.63, 3.8) is 0 Å². The van der Waals surface area contributed by atoms with Crippen LogP contribution in [0.25, 0.3) is 0 Å². The zero-order valence-corrected chi connectivity index (χ0v) is 12.9. The van der Waals surface area contributed by atoms with Gasteiger partial charge in [-0.2, -0.15) is 17.0 Å². The molecule has 4 nitrogen and oxygen atoms in total. The smallest absolute Gasteiger partial charge is 0.224 e. The lowest BCUT2D eigenvalue weighted by Gasteiger charge is -2.15. The molecule has 0 aliphatic rings. The van der Waals surface area contributed by atoms with Crippen molar-refractivity contribution in [2.45, 2.75) is 12.8 Å². The predicted molar refractivity (Wildman–Crippen MR) is 84.9 cm³/mol. The van der Waals surface area contributed by atoms with Crippen LogP contribution in [-0.2, 0) is 4.79 Å². The van der Waals surface area contributed by atoms with Crippen molar-refractivity contribution >= 4 is 23.4 Å². The number of hydrogen-bond donors (Lipinski definition) is 1.